The van der Waals surface area contributed by atoms with E-state index < -0.39 is 0 Å². The summed E-state index contributed by atoms with van der Waals surface area (Å²) < 4.78 is 2.01. The van der Waals surface area contributed by atoms with E-state index in [4.69, 9.17) is 0 Å². The molecule has 1 aromatic heterocycles. The van der Waals surface area contributed by atoms with E-state index in [9.17, 15) is 0 Å². The van der Waals surface area contributed by atoms with Gasteiger partial charge in [-0.2, -0.15) is 0 Å². The Labute approximate surface area is 80.1 Å². The van der Waals surface area contributed by atoms with Crippen LogP contribution in [0.5, 0.6) is 0 Å². The Morgan fingerprint density at radius 3 is 2.46 bits per heavy atom. The summed E-state index contributed by atoms with van der Waals surface area (Å²) in [5.41, 5.74) is 2.49. The van der Waals surface area contributed by atoms with Gasteiger partial charge in [0.2, 0.25) is 0 Å². The maximum Gasteiger partial charge on any atom is 0.0884 e. The van der Waals surface area contributed by atoms with Crippen molar-refractivity contribution in [1.29, 1.82) is 0 Å². The van der Waals surface area contributed by atoms with Gasteiger partial charge in [-0.05, 0) is 19.3 Å². The van der Waals surface area contributed by atoms with Crippen molar-refractivity contribution in [2.75, 3.05) is 0 Å². The standard InChI is InChI=1S/C10H19N3/c1-5-7-9-10(8(3)4)11-12-13(9)6-2/h8H,5-7H2,1-4H3. The van der Waals surface area contributed by atoms with E-state index in [1.807, 2.05) is 4.68 Å². The Bertz CT molecular complexity index is 263. The number of aromatic nitrogens is 3. The molecule has 1 heterocycles. The predicted molar refractivity (Wildman–Crippen MR) is 53.8 cm³/mol. The quantitative estimate of drug-likeness (QED) is 0.714. The van der Waals surface area contributed by atoms with Crippen LogP contribution in [0.2, 0.25) is 0 Å². The molecule has 0 N–H and O–H groups in total. The van der Waals surface area contributed by atoms with Gasteiger partial charge in [0.25, 0.3) is 0 Å². The predicted octanol–water partition coefficient (Wildman–Crippen LogP) is 2.37. The zero-order chi connectivity index (χ0) is 9.84. The molecule has 3 heteroatoms. The lowest BCUT2D eigenvalue weighted by Gasteiger charge is -2.06. The molecule has 0 spiro atoms. The highest BCUT2D eigenvalue weighted by atomic mass is 15.4. The molecule has 0 aromatic carbocycles. The minimum atomic E-state index is 0.488. The number of hydrogen-bond acceptors (Lipinski definition) is 2. The molecular weight excluding hydrogens is 162 g/mol. The van der Waals surface area contributed by atoms with Crippen LogP contribution in [-0.4, -0.2) is 15.0 Å². The van der Waals surface area contributed by atoms with Crippen LogP contribution in [0.3, 0.4) is 0 Å². The van der Waals surface area contributed by atoms with Gasteiger partial charge in [-0.15, -0.1) is 5.10 Å². The first-order valence-electron chi connectivity index (χ1n) is 5.12. The molecule has 0 unspecified atom stereocenters. The zero-order valence-corrected chi connectivity index (χ0v) is 9.04. The number of hydrogen-bond donors (Lipinski definition) is 0. The van der Waals surface area contributed by atoms with Crippen LogP contribution in [0.4, 0.5) is 0 Å². The highest BCUT2D eigenvalue weighted by Crippen LogP contribution is 2.17. The Hall–Kier alpha value is -0.860. The first-order chi connectivity index (χ1) is 6.20. The van der Waals surface area contributed by atoms with Crippen molar-refractivity contribution < 1.29 is 0 Å². The summed E-state index contributed by atoms with van der Waals surface area (Å²) in [7, 11) is 0. The largest absolute Gasteiger partial charge is 0.249 e. The summed E-state index contributed by atoms with van der Waals surface area (Å²) in [4.78, 5) is 0. The summed E-state index contributed by atoms with van der Waals surface area (Å²) in [5, 5.41) is 8.36. The Kier molecular flexibility index (Phi) is 3.46. The topological polar surface area (TPSA) is 30.7 Å². The van der Waals surface area contributed by atoms with Gasteiger partial charge in [0.1, 0.15) is 0 Å². The molecule has 1 rings (SSSR count). The first-order valence-corrected chi connectivity index (χ1v) is 5.12. The van der Waals surface area contributed by atoms with Crippen molar-refractivity contribution >= 4 is 0 Å². The molecular formula is C10H19N3. The van der Waals surface area contributed by atoms with Gasteiger partial charge in [-0.25, -0.2) is 4.68 Å². The van der Waals surface area contributed by atoms with Crippen LogP contribution in [0.1, 0.15) is 51.4 Å². The van der Waals surface area contributed by atoms with Crippen molar-refractivity contribution in [3.05, 3.63) is 11.4 Å². The Morgan fingerprint density at radius 2 is 2.00 bits per heavy atom. The summed E-state index contributed by atoms with van der Waals surface area (Å²) >= 11 is 0. The van der Waals surface area contributed by atoms with Crippen LogP contribution in [0.15, 0.2) is 0 Å². The molecule has 1 aromatic rings. The zero-order valence-electron chi connectivity index (χ0n) is 9.04. The lowest BCUT2D eigenvalue weighted by molar-refractivity contribution is 0.593. The molecule has 0 aliphatic rings. The maximum atomic E-state index is 4.22. The molecule has 3 nitrogen and oxygen atoms in total. The van der Waals surface area contributed by atoms with E-state index in [0.717, 1.165) is 19.4 Å². The molecule has 74 valence electrons. The normalized spacial score (nSPS) is 11.2. The van der Waals surface area contributed by atoms with Gasteiger partial charge in [0, 0.05) is 6.54 Å². The van der Waals surface area contributed by atoms with Gasteiger partial charge >= 0.3 is 0 Å². The third-order valence-corrected chi connectivity index (χ3v) is 2.20. The van der Waals surface area contributed by atoms with E-state index in [-0.39, 0.29) is 0 Å². The van der Waals surface area contributed by atoms with Crippen LogP contribution in [-0.2, 0) is 13.0 Å². The number of aryl methyl sites for hydroxylation is 1. The summed E-state index contributed by atoms with van der Waals surface area (Å²) in [6, 6.07) is 0. The van der Waals surface area contributed by atoms with Crippen molar-refractivity contribution in [2.24, 2.45) is 0 Å². The molecule has 0 atom stereocenters. The smallest absolute Gasteiger partial charge is 0.0884 e. The van der Waals surface area contributed by atoms with Crippen LogP contribution >= 0.6 is 0 Å². The SMILES string of the molecule is CCCc1c(C(C)C)nnn1CC. The second-order valence-electron chi connectivity index (χ2n) is 3.64. The van der Waals surface area contributed by atoms with Crippen molar-refractivity contribution in [3.8, 4) is 0 Å². The molecule has 0 radical (unpaired) electrons. The van der Waals surface area contributed by atoms with Crippen molar-refractivity contribution in [3.63, 3.8) is 0 Å². The van der Waals surface area contributed by atoms with E-state index in [1.165, 1.54) is 11.4 Å². The van der Waals surface area contributed by atoms with Crippen LogP contribution in [0, 0.1) is 0 Å². The van der Waals surface area contributed by atoms with Crippen molar-refractivity contribution in [1.82, 2.24) is 15.0 Å². The molecule has 0 saturated heterocycles. The third-order valence-electron chi connectivity index (χ3n) is 2.20. The molecule has 0 aliphatic carbocycles. The van der Waals surface area contributed by atoms with Crippen molar-refractivity contribution in [2.45, 2.75) is 53.0 Å². The molecule has 13 heavy (non-hydrogen) atoms. The average Bonchev–Trinajstić information content (AvgIpc) is 2.48. The third kappa shape index (κ3) is 2.08. The van der Waals surface area contributed by atoms with Crippen LogP contribution in [0.25, 0.3) is 0 Å². The average molecular weight is 181 g/mol. The Balaban J connectivity index is 2.99. The number of nitrogens with zero attached hydrogens (tertiary/aromatic N) is 3. The minimum absolute atomic E-state index is 0.488. The molecule has 0 aliphatic heterocycles. The summed E-state index contributed by atoms with van der Waals surface area (Å²) in [6.45, 7) is 9.57. The fourth-order valence-corrected chi connectivity index (χ4v) is 1.54. The number of rotatable bonds is 4. The highest BCUT2D eigenvalue weighted by Gasteiger charge is 2.13. The molecule has 0 amide bonds. The minimum Gasteiger partial charge on any atom is -0.249 e. The molecule has 0 fully saturated rings. The van der Waals surface area contributed by atoms with E-state index in [1.54, 1.807) is 0 Å². The molecule has 0 bridgehead atoms. The van der Waals surface area contributed by atoms with E-state index in [2.05, 4.69) is 38.0 Å². The highest BCUT2D eigenvalue weighted by molar-refractivity contribution is 5.14. The Morgan fingerprint density at radius 1 is 1.31 bits per heavy atom. The molecule has 0 saturated carbocycles. The van der Waals surface area contributed by atoms with Gasteiger partial charge in [-0.1, -0.05) is 32.4 Å². The first kappa shape index (κ1) is 10.2. The lowest BCUT2D eigenvalue weighted by Crippen LogP contribution is -2.04. The van der Waals surface area contributed by atoms with E-state index in [0.29, 0.717) is 5.92 Å². The fraction of sp³-hybridized carbons (Fsp3) is 0.800. The second kappa shape index (κ2) is 4.40. The van der Waals surface area contributed by atoms with Gasteiger partial charge in [-0.3, -0.25) is 0 Å². The van der Waals surface area contributed by atoms with Gasteiger partial charge in [0.05, 0.1) is 11.4 Å². The summed E-state index contributed by atoms with van der Waals surface area (Å²) in [5.74, 6) is 0.488. The monoisotopic (exact) mass is 181 g/mol. The second-order valence-corrected chi connectivity index (χ2v) is 3.64. The van der Waals surface area contributed by atoms with Crippen LogP contribution < -0.4 is 0 Å². The van der Waals surface area contributed by atoms with Gasteiger partial charge < -0.3 is 0 Å². The summed E-state index contributed by atoms with van der Waals surface area (Å²) in [6.07, 6.45) is 2.25. The van der Waals surface area contributed by atoms with E-state index >= 15 is 0 Å². The fourth-order valence-electron chi connectivity index (χ4n) is 1.54. The lowest BCUT2D eigenvalue weighted by atomic mass is 10.1. The maximum absolute atomic E-state index is 4.22. The van der Waals surface area contributed by atoms with Gasteiger partial charge in [0.15, 0.2) is 0 Å².